The fraction of sp³-hybridized carbons (Fsp3) is 0.182. The Morgan fingerprint density at radius 3 is 2.65 bits per heavy atom. The molecule has 0 aliphatic carbocycles. The molecule has 0 bridgehead atoms. The van der Waals surface area contributed by atoms with Crippen molar-refractivity contribution in [3.8, 4) is 5.69 Å². The molecule has 1 heterocycles. The molecule has 0 saturated carbocycles. The van der Waals surface area contributed by atoms with E-state index in [9.17, 15) is 4.79 Å². The number of rotatable bonds is 2. The summed E-state index contributed by atoms with van der Waals surface area (Å²) in [6.45, 7) is 3.20. The fourth-order valence-electron chi connectivity index (χ4n) is 1.54. The highest BCUT2D eigenvalue weighted by atomic mass is 35.5. The molecule has 0 fully saturated rings. The van der Waals surface area contributed by atoms with E-state index in [1.165, 1.54) is 11.6 Å². The molecule has 0 radical (unpaired) electrons. The number of nitrogens with zero attached hydrogens (tertiary/aromatic N) is 3. The van der Waals surface area contributed by atoms with Crippen molar-refractivity contribution in [2.24, 2.45) is 0 Å². The van der Waals surface area contributed by atoms with Gasteiger partial charge < -0.3 is 0 Å². The minimum atomic E-state index is -0.132. The lowest BCUT2D eigenvalue weighted by molar-refractivity contribution is 0.101. The van der Waals surface area contributed by atoms with Gasteiger partial charge in [-0.25, -0.2) is 4.68 Å². The normalized spacial score (nSPS) is 10.6. The quantitative estimate of drug-likeness (QED) is 0.788. The molecule has 0 amide bonds. The number of aromatic nitrogens is 3. The smallest absolute Gasteiger partial charge is 0.181 e. The van der Waals surface area contributed by atoms with E-state index in [0.29, 0.717) is 27.1 Å². The number of Topliss-reactive ketones (excluding diaryl/α,β-unsaturated/α-hetero) is 1. The molecule has 0 atom stereocenters. The second-order valence-corrected chi connectivity index (χ2v) is 4.35. The molecule has 6 heteroatoms. The molecule has 0 spiro atoms. The Bertz CT molecular complexity index is 592. The van der Waals surface area contributed by atoms with Gasteiger partial charge in [-0.2, -0.15) is 0 Å². The number of hydrogen-bond acceptors (Lipinski definition) is 3. The van der Waals surface area contributed by atoms with E-state index in [-0.39, 0.29) is 5.78 Å². The minimum absolute atomic E-state index is 0.132. The Morgan fingerprint density at radius 1 is 1.35 bits per heavy atom. The zero-order chi connectivity index (χ0) is 12.6. The topological polar surface area (TPSA) is 47.8 Å². The number of carbonyl (C=O) groups excluding carboxylic acids is 1. The zero-order valence-corrected chi connectivity index (χ0v) is 10.7. The van der Waals surface area contributed by atoms with E-state index < -0.39 is 0 Å². The van der Waals surface area contributed by atoms with E-state index >= 15 is 0 Å². The first kappa shape index (κ1) is 12.1. The summed E-state index contributed by atoms with van der Waals surface area (Å²) in [6.07, 6.45) is 0. The average molecular weight is 270 g/mol. The van der Waals surface area contributed by atoms with Gasteiger partial charge in [0.2, 0.25) is 0 Å². The standard InChI is InChI=1S/C11H9Cl2N3O/c1-6-11(7(2)17)14-15-16(6)9-5-3-4-8(12)10(9)13/h3-5H,1-2H3. The van der Waals surface area contributed by atoms with Crippen LogP contribution in [0.5, 0.6) is 0 Å². The first-order valence-electron chi connectivity index (χ1n) is 4.90. The molecular weight excluding hydrogens is 261 g/mol. The predicted octanol–water partition coefficient (Wildman–Crippen LogP) is 3.09. The third-order valence-electron chi connectivity index (χ3n) is 2.39. The molecule has 4 nitrogen and oxygen atoms in total. The molecule has 0 aliphatic heterocycles. The van der Waals surface area contributed by atoms with Crippen molar-refractivity contribution < 1.29 is 4.79 Å². The highest BCUT2D eigenvalue weighted by Gasteiger charge is 2.16. The summed E-state index contributed by atoms with van der Waals surface area (Å²) in [7, 11) is 0. The molecule has 0 saturated heterocycles. The SMILES string of the molecule is CC(=O)c1nnn(-c2cccc(Cl)c2Cl)c1C. The Labute approximate surface area is 108 Å². The summed E-state index contributed by atoms with van der Waals surface area (Å²) in [5, 5.41) is 8.56. The Balaban J connectivity index is 2.62. The van der Waals surface area contributed by atoms with Gasteiger partial charge in [0.15, 0.2) is 11.5 Å². The number of halogens is 2. The first-order chi connectivity index (χ1) is 8.02. The van der Waals surface area contributed by atoms with Crippen molar-refractivity contribution in [2.45, 2.75) is 13.8 Å². The maximum Gasteiger partial charge on any atom is 0.181 e. The molecular formula is C11H9Cl2N3O. The van der Waals surface area contributed by atoms with Crippen LogP contribution in [-0.4, -0.2) is 20.8 Å². The van der Waals surface area contributed by atoms with Crippen molar-refractivity contribution in [1.82, 2.24) is 15.0 Å². The van der Waals surface area contributed by atoms with Gasteiger partial charge in [-0.1, -0.05) is 34.5 Å². The number of hydrogen-bond donors (Lipinski definition) is 0. The highest BCUT2D eigenvalue weighted by molar-refractivity contribution is 6.43. The van der Waals surface area contributed by atoms with Crippen LogP contribution in [0.25, 0.3) is 5.69 Å². The molecule has 2 aromatic rings. The lowest BCUT2D eigenvalue weighted by Gasteiger charge is -2.06. The molecule has 2 rings (SSSR count). The van der Waals surface area contributed by atoms with E-state index in [4.69, 9.17) is 23.2 Å². The van der Waals surface area contributed by atoms with Gasteiger partial charge in [0.05, 0.1) is 21.4 Å². The van der Waals surface area contributed by atoms with Crippen LogP contribution in [0.4, 0.5) is 0 Å². The molecule has 0 N–H and O–H groups in total. The van der Waals surface area contributed by atoms with Crippen LogP contribution in [0, 0.1) is 6.92 Å². The van der Waals surface area contributed by atoms with Gasteiger partial charge in [-0.3, -0.25) is 4.79 Å². The Hall–Kier alpha value is -1.39. The van der Waals surface area contributed by atoms with E-state index in [2.05, 4.69) is 10.3 Å². The summed E-state index contributed by atoms with van der Waals surface area (Å²) in [4.78, 5) is 11.3. The molecule has 0 unspecified atom stereocenters. The summed E-state index contributed by atoms with van der Waals surface area (Å²) >= 11 is 12.0. The maximum absolute atomic E-state index is 11.3. The number of benzene rings is 1. The molecule has 88 valence electrons. The zero-order valence-electron chi connectivity index (χ0n) is 9.24. The van der Waals surface area contributed by atoms with Crippen molar-refractivity contribution in [3.63, 3.8) is 0 Å². The Kier molecular flexibility index (Phi) is 3.17. The first-order valence-corrected chi connectivity index (χ1v) is 5.65. The van der Waals surface area contributed by atoms with Gasteiger partial charge in [-0.15, -0.1) is 5.10 Å². The summed E-state index contributed by atoms with van der Waals surface area (Å²) in [5.41, 5.74) is 1.58. The predicted molar refractivity (Wildman–Crippen MR) is 66.1 cm³/mol. The van der Waals surface area contributed by atoms with Gasteiger partial charge >= 0.3 is 0 Å². The molecule has 1 aromatic carbocycles. The fourth-order valence-corrected chi connectivity index (χ4v) is 1.91. The monoisotopic (exact) mass is 269 g/mol. The average Bonchev–Trinajstić information content (AvgIpc) is 2.64. The van der Waals surface area contributed by atoms with Crippen LogP contribution in [-0.2, 0) is 0 Å². The van der Waals surface area contributed by atoms with Gasteiger partial charge in [0.25, 0.3) is 0 Å². The lowest BCUT2D eigenvalue weighted by atomic mass is 10.2. The summed E-state index contributed by atoms with van der Waals surface area (Å²) < 4.78 is 1.50. The summed E-state index contributed by atoms with van der Waals surface area (Å²) in [5.74, 6) is -0.132. The van der Waals surface area contributed by atoms with Gasteiger partial charge in [0.1, 0.15) is 0 Å². The van der Waals surface area contributed by atoms with Crippen LogP contribution in [0.2, 0.25) is 10.0 Å². The van der Waals surface area contributed by atoms with Crippen molar-refractivity contribution in [1.29, 1.82) is 0 Å². The van der Waals surface area contributed by atoms with Crippen LogP contribution in [0.1, 0.15) is 23.1 Å². The highest BCUT2D eigenvalue weighted by Crippen LogP contribution is 2.28. The number of carbonyl (C=O) groups is 1. The third kappa shape index (κ3) is 2.06. The maximum atomic E-state index is 11.3. The molecule has 1 aromatic heterocycles. The Morgan fingerprint density at radius 2 is 2.06 bits per heavy atom. The van der Waals surface area contributed by atoms with Crippen LogP contribution in [0.15, 0.2) is 18.2 Å². The third-order valence-corrected chi connectivity index (χ3v) is 3.20. The van der Waals surface area contributed by atoms with Crippen LogP contribution < -0.4 is 0 Å². The van der Waals surface area contributed by atoms with Crippen LogP contribution in [0.3, 0.4) is 0 Å². The second kappa shape index (κ2) is 4.47. The van der Waals surface area contributed by atoms with E-state index in [0.717, 1.165) is 0 Å². The van der Waals surface area contributed by atoms with Crippen molar-refractivity contribution in [2.75, 3.05) is 0 Å². The van der Waals surface area contributed by atoms with Gasteiger partial charge in [-0.05, 0) is 19.1 Å². The number of ketones is 1. The second-order valence-electron chi connectivity index (χ2n) is 3.56. The largest absolute Gasteiger partial charge is 0.293 e. The van der Waals surface area contributed by atoms with E-state index in [1.807, 2.05) is 0 Å². The lowest BCUT2D eigenvalue weighted by Crippen LogP contribution is -2.02. The summed E-state index contributed by atoms with van der Waals surface area (Å²) in [6, 6.07) is 5.21. The van der Waals surface area contributed by atoms with E-state index in [1.54, 1.807) is 25.1 Å². The van der Waals surface area contributed by atoms with Crippen molar-refractivity contribution >= 4 is 29.0 Å². The van der Waals surface area contributed by atoms with Crippen LogP contribution >= 0.6 is 23.2 Å². The van der Waals surface area contributed by atoms with Crippen molar-refractivity contribution in [3.05, 3.63) is 39.6 Å². The minimum Gasteiger partial charge on any atom is -0.293 e. The van der Waals surface area contributed by atoms with Gasteiger partial charge in [0, 0.05) is 6.92 Å². The molecule has 0 aliphatic rings. The molecule has 17 heavy (non-hydrogen) atoms.